The van der Waals surface area contributed by atoms with Gasteiger partial charge in [-0.1, -0.05) is 31.0 Å². The third kappa shape index (κ3) is 5.07. The second kappa shape index (κ2) is 9.85. The molecule has 1 aliphatic carbocycles. The highest BCUT2D eigenvalue weighted by atomic mass is 32.2. The highest BCUT2D eigenvalue weighted by Gasteiger charge is 2.39. The Kier molecular flexibility index (Phi) is 6.98. The molecule has 3 aliphatic rings. The predicted molar refractivity (Wildman–Crippen MR) is 118 cm³/mol. The molecule has 0 aromatic heterocycles. The first-order chi connectivity index (χ1) is 14.2. The number of carbonyl (C=O) groups excluding carboxylic acids is 2. The van der Waals surface area contributed by atoms with Gasteiger partial charge in [-0.05, 0) is 30.9 Å². The predicted octanol–water partition coefficient (Wildman–Crippen LogP) is 2.97. The molecule has 1 unspecified atom stereocenters. The maximum Gasteiger partial charge on any atom is 0.321 e. The van der Waals surface area contributed by atoms with Crippen LogP contribution in [-0.4, -0.2) is 83.5 Å². The van der Waals surface area contributed by atoms with Gasteiger partial charge in [-0.25, -0.2) is 4.79 Å². The van der Waals surface area contributed by atoms with Gasteiger partial charge in [-0.3, -0.25) is 9.69 Å². The number of thioether (sulfide) groups is 1. The quantitative estimate of drug-likeness (QED) is 0.820. The number of hydrogen-bond acceptors (Lipinski definition) is 4. The number of nitrogens with zero attached hydrogens (tertiary/aromatic N) is 3. The van der Waals surface area contributed by atoms with Crippen molar-refractivity contribution in [3.63, 3.8) is 0 Å². The molecule has 1 saturated carbocycles. The SMILES string of the molecule is O=C(Nc1ccccc1)N1CCN(C(C(=O)N2CCSCC2)C2CCCC2)CC1. The number of urea groups is 1. The molecule has 2 aliphatic heterocycles. The van der Waals surface area contributed by atoms with Gasteiger partial charge in [0.05, 0.1) is 6.04 Å². The molecule has 0 bridgehead atoms. The third-order valence-corrected chi connectivity index (χ3v) is 7.38. The minimum atomic E-state index is -0.0485. The van der Waals surface area contributed by atoms with E-state index in [9.17, 15) is 9.59 Å². The molecular formula is C22H32N4O2S. The summed E-state index contributed by atoms with van der Waals surface area (Å²) in [5.41, 5.74) is 0.821. The van der Waals surface area contributed by atoms with Gasteiger partial charge < -0.3 is 15.1 Å². The fourth-order valence-corrected chi connectivity index (χ4v) is 5.73. The molecule has 6 nitrogen and oxygen atoms in total. The zero-order valence-electron chi connectivity index (χ0n) is 17.1. The number of piperazine rings is 1. The van der Waals surface area contributed by atoms with Crippen LogP contribution in [0.25, 0.3) is 0 Å². The molecule has 2 heterocycles. The van der Waals surface area contributed by atoms with Crippen molar-refractivity contribution in [1.82, 2.24) is 14.7 Å². The van der Waals surface area contributed by atoms with Gasteiger partial charge in [0, 0.05) is 56.5 Å². The molecule has 0 radical (unpaired) electrons. The zero-order valence-corrected chi connectivity index (χ0v) is 17.9. The Morgan fingerprint density at radius 3 is 2.21 bits per heavy atom. The molecule has 1 N–H and O–H groups in total. The lowest BCUT2D eigenvalue weighted by Gasteiger charge is -2.43. The number of nitrogens with one attached hydrogen (secondary N) is 1. The highest BCUT2D eigenvalue weighted by Crippen LogP contribution is 2.32. The summed E-state index contributed by atoms with van der Waals surface area (Å²) in [7, 11) is 0. The Hall–Kier alpha value is -1.73. The normalized spacial score (nSPS) is 22.5. The second-order valence-electron chi connectivity index (χ2n) is 8.25. The van der Waals surface area contributed by atoms with E-state index in [0.29, 0.717) is 24.9 Å². The van der Waals surface area contributed by atoms with E-state index in [1.807, 2.05) is 47.0 Å². The van der Waals surface area contributed by atoms with E-state index < -0.39 is 0 Å². The van der Waals surface area contributed by atoms with Crippen LogP contribution < -0.4 is 5.32 Å². The van der Waals surface area contributed by atoms with Crippen molar-refractivity contribution in [2.24, 2.45) is 5.92 Å². The minimum Gasteiger partial charge on any atom is -0.340 e. The molecule has 1 aromatic rings. The van der Waals surface area contributed by atoms with Gasteiger partial charge in [0.15, 0.2) is 0 Å². The molecule has 3 fully saturated rings. The smallest absolute Gasteiger partial charge is 0.321 e. The van der Waals surface area contributed by atoms with E-state index >= 15 is 0 Å². The van der Waals surface area contributed by atoms with Crippen LogP contribution in [0, 0.1) is 5.92 Å². The van der Waals surface area contributed by atoms with Gasteiger partial charge in [0.25, 0.3) is 0 Å². The maximum atomic E-state index is 13.4. The molecule has 3 amide bonds. The number of hydrogen-bond donors (Lipinski definition) is 1. The van der Waals surface area contributed by atoms with E-state index in [0.717, 1.165) is 56.2 Å². The summed E-state index contributed by atoms with van der Waals surface area (Å²) in [6.45, 7) is 4.66. The van der Waals surface area contributed by atoms with Gasteiger partial charge in [0.1, 0.15) is 0 Å². The molecule has 4 rings (SSSR count). The number of para-hydroxylation sites is 1. The molecule has 158 valence electrons. The lowest BCUT2D eigenvalue weighted by Crippen LogP contribution is -2.59. The van der Waals surface area contributed by atoms with Crippen molar-refractivity contribution in [2.45, 2.75) is 31.7 Å². The van der Waals surface area contributed by atoms with E-state index in [1.165, 1.54) is 12.8 Å². The Bertz CT molecular complexity index is 681. The summed E-state index contributed by atoms with van der Waals surface area (Å²) in [4.78, 5) is 32.4. The summed E-state index contributed by atoms with van der Waals surface area (Å²) < 4.78 is 0. The largest absolute Gasteiger partial charge is 0.340 e. The van der Waals surface area contributed by atoms with Crippen LogP contribution >= 0.6 is 11.8 Å². The van der Waals surface area contributed by atoms with Crippen LogP contribution in [0.5, 0.6) is 0 Å². The zero-order chi connectivity index (χ0) is 20.1. The third-order valence-electron chi connectivity index (χ3n) is 6.44. The summed E-state index contributed by atoms with van der Waals surface area (Å²) >= 11 is 1.94. The molecule has 1 atom stereocenters. The first-order valence-electron chi connectivity index (χ1n) is 10.9. The molecule has 0 spiro atoms. The van der Waals surface area contributed by atoms with Crippen LogP contribution in [-0.2, 0) is 4.79 Å². The Balaban J connectivity index is 1.37. The van der Waals surface area contributed by atoms with Crippen LogP contribution in [0.15, 0.2) is 30.3 Å². The van der Waals surface area contributed by atoms with Gasteiger partial charge in [-0.15, -0.1) is 0 Å². The first kappa shape index (κ1) is 20.5. The number of benzene rings is 1. The molecule has 7 heteroatoms. The monoisotopic (exact) mass is 416 g/mol. The molecule has 2 saturated heterocycles. The van der Waals surface area contributed by atoms with Crippen molar-refractivity contribution >= 4 is 29.4 Å². The van der Waals surface area contributed by atoms with Crippen LogP contribution in [0.2, 0.25) is 0 Å². The molecule has 1 aromatic carbocycles. The fourth-order valence-electron chi connectivity index (χ4n) is 4.83. The summed E-state index contributed by atoms with van der Waals surface area (Å²) in [5.74, 6) is 2.91. The lowest BCUT2D eigenvalue weighted by molar-refractivity contribution is -0.139. The standard InChI is InChI=1S/C22H32N4O2S/c27-21(25-14-16-29-17-15-25)20(18-6-4-5-7-18)24-10-12-26(13-11-24)22(28)23-19-8-2-1-3-9-19/h1-3,8-9,18,20H,4-7,10-17H2,(H,23,28). The number of carbonyl (C=O) groups is 2. The van der Waals surface area contributed by atoms with Gasteiger partial charge >= 0.3 is 6.03 Å². The van der Waals surface area contributed by atoms with Crippen molar-refractivity contribution in [3.05, 3.63) is 30.3 Å². The van der Waals surface area contributed by atoms with Crippen molar-refractivity contribution < 1.29 is 9.59 Å². The van der Waals surface area contributed by atoms with Crippen molar-refractivity contribution in [1.29, 1.82) is 0 Å². The van der Waals surface area contributed by atoms with E-state index in [4.69, 9.17) is 0 Å². The number of amides is 3. The number of rotatable bonds is 4. The maximum absolute atomic E-state index is 13.4. The first-order valence-corrected chi connectivity index (χ1v) is 12.1. The Labute approximate surface area is 178 Å². The Morgan fingerprint density at radius 1 is 0.897 bits per heavy atom. The van der Waals surface area contributed by atoms with Gasteiger partial charge in [-0.2, -0.15) is 11.8 Å². The van der Waals surface area contributed by atoms with Crippen LogP contribution in [0.3, 0.4) is 0 Å². The van der Waals surface area contributed by atoms with Crippen molar-refractivity contribution in [2.75, 3.05) is 56.1 Å². The average molecular weight is 417 g/mol. The van der Waals surface area contributed by atoms with Gasteiger partial charge in [0.2, 0.25) is 5.91 Å². The molecular weight excluding hydrogens is 384 g/mol. The highest BCUT2D eigenvalue weighted by molar-refractivity contribution is 7.99. The summed E-state index contributed by atoms with van der Waals surface area (Å²) in [6, 6.07) is 9.54. The van der Waals surface area contributed by atoms with Crippen molar-refractivity contribution in [3.8, 4) is 0 Å². The topological polar surface area (TPSA) is 55.9 Å². The lowest BCUT2D eigenvalue weighted by atomic mass is 9.94. The van der Waals surface area contributed by atoms with Crippen LogP contribution in [0.1, 0.15) is 25.7 Å². The average Bonchev–Trinajstić information content (AvgIpc) is 3.30. The summed E-state index contributed by atoms with van der Waals surface area (Å²) in [5, 5.41) is 2.98. The van der Waals surface area contributed by atoms with Crippen LogP contribution in [0.4, 0.5) is 10.5 Å². The minimum absolute atomic E-state index is 0.0000606. The Morgan fingerprint density at radius 2 is 1.55 bits per heavy atom. The summed E-state index contributed by atoms with van der Waals surface area (Å²) in [6.07, 6.45) is 4.80. The van der Waals surface area contributed by atoms with E-state index in [1.54, 1.807) is 0 Å². The number of anilines is 1. The molecule has 29 heavy (non-hydrogen) atoms. The second-order valence-corrected chi connectivity index (χ2v) is 9.47. The fraction of sp³-hybridized carbons (Fsp3) is 0.636. The van der Waals surface area contributed by atoms with E-state index in [2.05, 4.69) is 15.1 Å². The van der Waals surface area contributed by atoms with E-state index in [-0.39, 0.29) is 12.1 Å².